The van der Waals surface area contributed by atoms with Gasteiger partial charge in [-0.3, -0.25) is 0 Å². The number of rotatable bonds is 6. The van der Waals surface area contributed by atoms with Gasteiger partial charge in [0, 0.05) is 28.9 Å². The number of nitrogen functional groups attached to an aromatic ring is 2. The summed E-state index contributed by atoms with van der Waals surface area (Å²) < 4.78 is 11.9. The zero-order valence-corrected chi connectivity index (χ0v) is 22.0. The highest BCUT2D eigenvalue weighted by atomic mass is 16.5. The van der Waals surface area contributed by atoms with Crippen molar-refractivity contribution < 1.29 is 19.1 Å². The molecule has 0 aliphatic heterocycles. The van der Waals surface area contributed by atoms with Gasteiger partial charge in [-0.1, -0.05) is 60.7 Å². The van der Waals surface area contributed by atoms with E-state index in [0.717, 1.165) is 32.7 Å². The maximum atomic E-state index is 13.1. The summed E-state index contributed by atoms with van der Waals surface area (Å²) in [7, 11) is 0. The predicted molar refractivity (Wildman–Crippen MR) is 162 cm³/mol. The van der Waals surface area contributed by atoms with Crippen LogP contribution in [0, 0.1) is 0 Å². The van der Waals surface area contributed by atoms with Gasteiger partial charge in [0.1, 0.15) is 11.5 Å². The van der Waals surface area contributed by atoms with Crippen LogP contribution in [-0.4, -0.2) is 11.9 Å². The van der Waals surface area contributed by atoms with Crippen LogP contribution in [0.15, 0.2) is 121 Å². The third-order valence-corrected chi connectivity index (χ3v) is 7.05. The van der Waals surface area contributed by atoms with Gasteiger partial charge in [0.15, 0.2) is 0 Å². The lowest BCUT2D eigenvalue weighted by Crippen LogP contribution is -2.12. The molecule has 0 aromatic heterocycles. The number of ether oxygens (including phenoxy) is 2. The molecule has 0 bridgehead atoms. The van der Waals surface area contributed by atoms with Crippen molar-refractivity contribution in [3.8, 4) is 11.5 Å². The van der Waals surface area contributed by atoms with E-state index in [9.17, 15) is 9.59 Å². The van der Waals surface area contributed by atoms with Crippen LogP contribution in [-0.2, 0) is 6.42 Å². The Kier molecular flexibility index (Phi) is 6.80. The average Bonchev–Trinajstić information content (AvgIpc) is 2.99. The lowest BCUT2D eigenvalue weighted by Gasteiger charge is -2.17. The molecule has 4 N–H and O–H groups in total. The summed E-state index contributed by atoms with van der Waals surface area (Å²) in [4.78, 5) is 26.3. The molecule has 0 spiro atoms. The molecule has 41 heavy (non-hydrogen) atoms. The number of hydrogen-bond donors (Lipinski definition) is 2. The van der Waals surface area contributed by atoms with Gasteiger partial charge < -0.3 is 20.9 Å². The molecule has 6 aromatic rings. The van der Waals surface area contributed by atoms with Gasteiger partial charge >= 0.3 is 11.9 Å². The van der Waals surface area contributed by atoms with Crippen molar-refractivity contribution in [3.63, 3.8) is 0 Å². The second kappa shape index (κ2) is 10.9. The van der Waals surface area contributed by atoms with Crippen molar-refractivity contribution in [3.05, 3.63) is 144 Å². The summed E-state index contributed by atoms with van der Waals surface area (Å²) in [5.74, 6) is -0.132. The van der Waals surface area contributed by atoms with Crippen molar-refractivity contribution in [2.45, 2.75) is 6.42 Å². The van der Waals surface area contributed by atoms with Gasteiger partial charge in [-0.15, -0.1) is 0 Å². The minimum absolute atomic E-state index is 0.345. The van der Waals surface area contributed by atoms with Crippen molar-refractivity contribution >= 4 is 44.9 Å². The summed E-state index contributed by atoms with van der Waals surface area (Å²) >= 11 is 0. The molecule has 6 nitrogen and oxygen atoms in total. The first kappa shape index (κ1) is 25.6. The van der Waals surface area contributed by atoms with E-state index in [1.54, 1.807) is 60.7 Å². The van der Waals surface area contributed by atoms with E-state index in [4.69, 9.17) is 20.9 Å². The molecule has 0 fully saturated rings. The SMILES string of the molecule is Nc1ccc(C(=O)Oc2ccc3ccccc3c2Cc2c(OC(=O)c3ccc(N)cc3)ccc3ccccc23)cc1. The third-order valence-electron chi connectivity index (χ3n) is 7.05. The van der Waals surface area contributed by atoms with E-state index in [-0.39, 0.29) is 0 Å². The standard InChI is InChI=1S/C35H26N2O4/c36-26-15-9-24(10-16-26)34(38)40-32-19-13-22-5-1-3-7-28(22)30(32)21-31-29-8-4-2-6-23(29)14-20-33(31)41-35(39)25-11-17-27(37)18-12-25/h1-20H,21,36-37H2. The Labute approximate surface area is 236 Å². The maximum Gasteiger partial charge on any atom is 0.343 e. The molecule has 0 amide bonds. The average molecular weight is 539 g/mol. The van der Waals surface area contributed by atoms with Gasteiger partial charge in [-0.05, 0) is 82.2 Å². The monoisotopic (exact) mass is 538 g/mol. The number of hydrogen-bond acceptors (Lipinski definition) is 6. The minimum Gasteiger partial charge on any atom is -0.423 e. The summed E-state index contributed by atoms with van der Waals surface area (Å²) in [6.07, 6.45) is 0.345. The van der Waals surface area contributed by atoms with Gasteiger partial charge in [0.25, 0.3) is 0 Å². The second-order valence-electron chi connectivity index (χ2n) is 9.73. The quantitative estimate of drug-likeness (QED) is 0.132. The van der Waals surface area contributed by atoms with Crippen molar-refractivity contribution in [2.24, 2.45) is 0 Å². The first-order chi connectivity index (χ1) is 20.0. The Morgan fingerprint density at radius 1 is 0.488 bits per heavy atom. The van der Waals surface area contributed by atoms with E-state index in [2.05, 4.69) is 0 Å². The number of esters is 2. The topological polar surface area (TPSA) is 105 Å². The van der Waals surface area contributed by atoms with Crippen molar-refractivity contribution in [1.82, 2.24) is 0 Å². The second-order valence-corrected chi connectivity index (χ2v) is 9.73. The normalized spacial score (nSPS) is 10.9. The van der Waals surface area contributed by atoms with Crippen LogP contribution in [0.3, 0.4) is 0 Å². The first-order valence-corrected chi connectivity index (χ1v) is 13.1. The molecular weight excluding hydrogens is 512 g/mol. The summed E-state index contributed by atoms with van der Waals surface area (Å²) in [5.41, 5.74) is 15.1. The smallest absolute Gasteiger partial charge is 0.343 e. The number of anilines is 2. The van der Waals surface area contributed by atoms with Gasteiger partial charge in [-0.2, -0.15) is 0 Å². The Bertz CT molecular complexity index is 1770. The summed E-state index contributed by atoms with van der Waals surface area (Å²) in [6.45, 7) is 0. The van der Waals surface area contributed by atoms with Crippen LogP contribution < -0.4 is 20.9 Å². The fourth-order valence-corrected chi connectivity index (χ4v) is 4.92. The highest BCUT2D eigenvalue weighted by molar-refractivity contribution is 5.96. The molecule has 0 radical (unpaired) electrons. The highest BCUT2D eigenvalue weighted by Crippen LogP contribution is 2.37. The zero-order valence-electron chi connectivity index (χ0n) is 22.0. The Hall–Kier alpha value is -5.62. The molecule has 0 saturated heterocycles. The molecule has 6 heteroatoms. The van der Waals surface area contributed by atoms with Crippen LogP contribution in [0.4, 0.5) is 11.4 Å². The number of carbonyl (C=O) groups excluding carboxylic acids is 2. The molecule has 0 heterocycles. The molecule has 0 saturated carbocycles. The molecule has 0 atom stereocenters. The summed E-state index contributed by atoms with van der Waals surface area (Å²) in [5, 5.41) is 3.85. The van der Waals surface area contributed by atoms with Crippen LogP contribution >= 0.6 is 0 Å². The van der Waals surface area contributed by atoms with Crippen LogP contribution in [0.25, 0.3) is 21.5 Å². The van der Waals surface area contributed by atoms with E-state index < -0.39 is 11.9 Å². The maximum absolute atomic E-state index is 13.1. The van der Waals surface area contributed by atoms with Crippen LogP contribution in [0.1, 0.15) is 31.8 Å². The largest absolute Gasteiger partial charge is 0.423 e. The number of benzene rings is 6. The van der Waals surface area contributed by atoms with Crippen LogP contribution in [0.5, 0.6) is 11.5 Å². The minimum atomic E-state index is -0.491. The number of fused-ring (bicyclic) bond motifs is 2. The molecule has 6 rings (SSSR count). The molecule has 200 valence electrons. The lowest BCUT2D eigenvalue weighted by atomic mass is 9.93. The number of carbonyl (C=O) groups is 2. The van der Waals surface area contributed by atoms with Crippen molar-refractivity contribution in [2.75, 3.05) is 11.5 Å². The van der Waals surface area contributed by atoms with Crippen molar-refractivity contribution in [1.29, 1.82) is 0 Å². The summed E-state index contributed by atoms with van der Waals surface area (Å²) in [6, 6.07) is 36.5. The highest BCUT2D eigenvalue weighted by Gasteiger charge is 2.20. The molecule has 6 aromatic carbocycles. The molecule has 0 aliphatic rings. The Morgan fingerprint density at radius 2 is 0.878 bits per heavy atom. The van der Waals surface area contributed by atoms with E-state index in [0.29, 0.717) is 40.4 Å². The van der Waals surface area contributed by atoms with Crippen LogP contribution in [0.2, 0.25) is 0 Å². The Morgan fingerprint density at radius 3 is 1.29 bits per heavy atom. The fraction of sp³-hybridized carbons (Fsp3) is 0.0286. The zero-order chi connectivity index (χ0) is 28.3. The molecular formula is C35H26N2O4. The first-order valence-electron chi connectivity index (χ1n) is 13.1. The third kappa shape index (κ3) is 5.31. The lowest BCUT2D eigenvalue weighted by molar-refractivity contribution is 0.0726. The van der Waals surface area contributed by atoms with Gasteiger partial charge in [0.05, 0.1) is 11.1 Å². The van der Waals surface area contributed by atoms with Gasteiger partial charge in [0.2, 0.25) is 0 Å². The van der Waals surface area contributed by atoms with E-state index in [1.165, 1.54) is 0 Å². The van der Waals surface area contributed by atoms with E-state index >= 15 is 0 Å². The molecule has 0 aliphatic carbocycles. The van der Waals surface area contributed by atoms with E-state index in [1.807, 2.05) is 60.7 Å². The predicted octanol–water partition coefficient (Wildman–Crippen LogP) is 7.19. The Balaban J connectivity index is 1.45. The molecule has 0 unspecified atom stereocenters. The number of nitrogens with two attached hydrogens (primary N) is 2. The van der Waals surface area contributed by atoms with Gasteiger partial charge in [-0.25, -0.2) is 9.59 Å². The fourth-order valence-electron chi connectivity index (χ4n) is 4.92.